The summed E-state index contributed by atoms with van der Waals surface area (Å²) in [5, 5.41) is 8.73. The number of carboxylic acid groups (broad SMARTS) is 1. The number of imide groups is 4. The van der Waals surface area contributed by atoms with Crippen molar-refractivity contribution in [3.05, 3.63) is 12.2 Å². The molecule has 116 valence electrons. The summed E-state index contributed by atoms with van der Waals surface area (Å²) in [6, 6.07) is -1.49. The van der Waals surface area contributed by atoms with E-state index >= 15 is 0 Å². The van der Waals surface area contributed by atoms with Crippen molar-refractivity contribution in [1.29, 1.82) is 0 Å². The van der Waals surface area contributed by atoms with Gasteiger partial charge in [0, 0.05) is 31.4 Å². The van der Waals surface area contributed by atoms with Gasteiger partial charge in [0.1, 0.15) is 6.04 Å². The standard InChI is InChI=1S/C13H12N2O7/c16-8-2-3-9(17)14(8)7(1-6-12(20)21)13(22)15-10(18)4-5-11(15)19/h2-3,7H,1,4-6H2,(H,20,21). The Hall–Kier alpha value is -2.84. The molecule has 0 aliphatic carbocycles. The van der Waals surface area contributed by atoms with Crippen LogP contribution in [0.2, 0.25) is 0 Å². The van der Waals surface area contributed by atoms with Crippen LogP contribution in [0.4, 0.5) is 0 Å². The third kappa shape index (κ3) is 2.78. The van der Waals surface area contributed by atoms with E-state index in [9.17, 15) is 28.8 Å². The molecular weight excluding hydrogens is 296 g/mol. The zero-order chi connectivity index (χ0) is 16.4. The number of likely N-dealkylation sites (tertiary alicyclic amines) is 1. The first-order valence-electron chi connectivity index (χ1n) is 6.49. The van der Waals surface area contributed by atoms with E-state index in [2.05, 4.69) is 0 Å². The van der Waals surface area contributed by atoms with Crippen LogP contribution >= 0.6 is 0 Å². The van der Waals surface area contributed by atoms with E-state index in [-0.39, 0.29) is 19.3 Å². The fourth-order valence-electron chi connectivity index (χ4n) is 2.31. The molecule has 1 fully saturated rings. The Kier molecular flexibility index (Phi) is 4.15. The average molecular weight is 308 g/mol. The topological polar surface area (TPSA) is 129 Å². The fraction of sp³-hybridized carbons (Fsp3) is 0.385. The summed E-state index contributed by atoms with van der Waals surface area (Å²) >= 11 is 0. The molecule has 9 heteroatoms. The van der Waals surface area contributed by atoms with E-state index in [0.29, 0.717) is 9.80 Å². The lowest BCUT2D eigenvalue weighted by Gasteiger charge is -2.27. The van der Waals surface area contributed by atoms with Gasteiger partial charge in [0.25, 0.3) is 17.7 Å². The molecule has 0 spiro atoms. The summed E-state index contributed by atoms with van der Waals surface area (Å²) in [6.45, 7) is 0. The number of aliphatic carboxylic acids is 1. The molecule has 1 atom stereocenters. The molecule has 2 aliphatic heterocycles. The number of rotatable bonds is 5. The van der Waals surface area contributed by atoms with Crippen LogP contribution in [0.3, 0.4) is 0 Å². The molecule has 0 aromatic carbocycles. The molecule has 2 rings (SSSR count). The molecule has 2 heterocycles. The van der Waals surface area contributed by atoms with Crippen molar-refractivity contribution in [2.75, 3.05) is 0 Å². The number of hydrogen-bond acceptors (Lipinski definition) is 6. The number of carbonyl (C=O) groups excluding carboxylic acids is 5. The summed E-state index contributed by atoms with van der Waals surface area (Å²) in [5.41, 5.74) is 0. The molecule has 1 N–H and O–H groups in total. The van der Waals surface area contributed by atoms with E-state index in [1.54, 1.807) is 0 Å². The van der Waals surface area contributed by atoms with Crippen molar-refractivity contribution >= 4 is 35.5 Å². The Balaban J connectivity index is 2.27. The summed E-state index contributed by atoms with van der Waals surface area (Å²) in [6.07, 6.45) is 0.759. The average Bonchev–Trinajstić information content (AvgIpc) is 2.94. The minimum atomic E-state index is -1.49. The maximum Gasteiger partial charge on any atom is 0.303 e. The van der Waals surface area contributed by atoms with E-state index in [1.807, 2.05) is 0 Å². The van der Waals surface area contributed by atoms with E-state index in [1.165, 1.54) is 0 Å². The van der Waals surface area contributed by atoms with Crippen LogP contribution in [-0.4, -0.2) is 56.5 Å². The Morgan fingerprint density at radius 3 is 2.00 bits per heavy atom. The highest BCUT2D eigenvalue weighted by atomic mass is 16.4. The predicted molar refractivity (Wildman–Crippen MR) is 67.7 cm³/mol. The van der Waals surface area contributed by atoms with Gasteiger partial charge in [-0.25, -0.2) is 4.90 Å². The Morgan fingerprint density at radius 2 is 1.55 bits per heavy atom. The lowest BCUT2D eigenvalue weighted by atomic mass is 10.1. The maximum absolute atomic E-state index is 12.4. The maximum atomic E-state index is 12.4. The van der Waals surface area contributed by atoms with Crippen molar-refractivity contribution in [2.45, 2.75) is 31.7 Å². The van der Waals surface area contributed by atoms with Crippen molar-refractivity contribution < 1.29 is 33.9 Å². The molecule has 5 amide bonds. The van der Waals surface area contributed by atoms with Crippen LogP contribution in [-0.2, 0) is 28.8 Å². The number of carboxylic acids is 1. The van der Waals surface area contributed by atoms with Gasteiger partial charge in [-0.3, -0.25) is 33.7 Å². The zero-order valence-corrected chi connectivity index (χ0v) is 11.4. The number of carbonyl (C=O) groups is 6. The van der Waals surface area contributed by atoms with Gasteiger partial charge in [0.05, 0.1) is 0 Å². The van der Waals surface area contributed by atoms with E-state index < -0.39 is 48.0 Å². The molecule has 1 saturated heterocycles. The molecule has 22 heavy (non-hydrogen) atoms. The third-order valence-electron chi connectivity index (χ3n) is 3.34. The van der Waals surface area contributed by atoms with Gasteiger partial charge in [0.15, 0.2) is 0 Å². The molecule has 0 saturated carbocycles. The van der Waals surface area contributed by atoms with Crippen molar-refractivity contribution in [3.63, 3.8) is 0 Å². The van der Waals surface area contributed by atoms with Crippen LogP contribution in [0.1, 0.15) is 25.7 Å². The summed E-state index contributed by atoms with van der Waals surface area (Å²) < 4.78 is 0. The minimum Gasteiger partial charge on any atom is -0.481 e. The largest absolute Gasteiger partial charge is 0.481 e. The van der Waals surface area contributed by atoms with Gasteiger partial charge in [-0.15, -0.1) is 0 Å². The molecule has 0 radical (unpaired) electrons. The van der Waals surface area contributed by atoms with E-state index in [0.717, 1.165) is 12.2 Å². The molecule has 1 unspecified atom stereocenters. The molecule has 9 nitrogen and oxygen atoms in total. The summed E-state index contributed by atoms with van der Waals surface area (Å²) in [4.78, 5) is 70.6. The summed E-state index contributed by atoms with van der Waals surface area (Å²) in [7, 11) is 0. The highest BCUT2D eigenvalue weighted by Crippen LogP contribution is 2.20. The van der Waals surface area contributed by atoms with Gasteiger partial charge >= 0.3 is 5.97 Å². The zero-order valence-electron chi connectivity index (χ0n) is 11.4. The molecule has 0 bridgehead atoms. The van der Waals surface area contributed by atoms with Crippen molar-refractivity contribution in [2.24, 2.45) is 0 Å². The number of amides is 5. The molecule has 0 aromatic rings. The van der Waals surface area contributed by atoms with Crippen LogP contribution in [0.25, 0.3) is 0 Å². The van der Waals surface area contributed by atoms with Crippen LogP contribution in [0.15, 0.2) is 12.2 Å². The normalized spacial score (nSPS) is 19.3. The second-order valence-corrected chi connectivity index (χ2v) is 4.79. The van der Waals surface area contributed by atoms with E-state index in [4.69, 9.17) is 5.11 Å². The van der Waals surface area contributed by atoms with Crippen molar-refractivity contribution in [1.82, 2.24) is 9.80 Å². The second kappa shape index (κ2) is 5.88. The first-order chi connectivity index (χ1) is 10.3. The first-order valence-corrected chi connectivity index (χ1v) is 6.49. The van der Waals surface area contributed by atoms with Gasteiger partial charge in [0.2, 0.25) is 11.8 Å². The van der Waals surface area contributed by atoms with Crippen LogP contribution in [0, 0.1) is 0 Å². The van der Waals surface area contributed by atoms with Gasteiger partial charge < -0.3 is 5.11 Å². The summed E-state index contributed by atoms with van der Waals surface area (Å²) in [5.74, 6) is -5.28. The molecule has 2 aliphatic rings. The van der Waals surface area contributed by atoms with Crippen LogP contribution < -0.4 is 0 Å². The minimum absolute atomic E-state index is 0.129. The Labute approximate surface area is 124 Å². The smallest absolute Gasteiger partial charge is 0.303 e. The third-order valence-corrected chi connectivity index (χ3v) is 3.34. The van der Waals surface area contributed by atoms with Crippen molar-refractivity contribution in [3.8, 4) is 0 Å². The molecular formula is C13H12N2O7. The Morgan fingerprint density at radius 1 is 1.05 bits per heavy atom. The quantitative estimate of drug-likeness (QED) is 0.633. The Bertz CT molecular complexity index is 588. The first kappa shape index (κ1) is 15.5. The highest BCUT2D eigenvalue weighted by Gasteiger charge is 2.43. The predicted octanol–water partition coefficient (Wildman–Crippen LogP) is -1.18. The monoisotopic (exact) mass is 308 g/mol. The fourth-order valence-corrected chi connectivity index (χ4v) is 2.31. The van der Waals surface area contributed by atoms with Gasteiger partial charge in [-0.05, 0) is 6.42 Å². The van der Waals surface area contributed by atoms with Gasteiger partial charge in [-0.2, -0.15) is 0 Å². The number of nitrogens with zero attached hydrogens (tertiary/aromatic N) is 2. The lowest BCUT2D eigenvalue weighted by Crippen LogP contribution is -2.52. The number of hydrogen-bond donors (Lipinski definition) is 1. The van der Waals surface area contributed by atoms with Crippen LogP contribution in [0.5, 0.6) is 0 Å². The second-order valence-electron chi connectivity index (χ2n) is 4.79. The molecule has 0 aromatic heterocycles. The SMILES string of the molecule is O=C(O)CCC(C(=O)N1C(=O)CCC1=O)N1C(=O)C=CC1=O. The highest BCUT2D eigenvalue weighted by molar-refractivity contribution is 6.20. The van der Waals surface area contributed by atoms with Gasteiger partial charge in [-0.1, -0.05) is 0 Å². The lowest BCUT2D eigenvalue weighted by molar-refractivity contribution is -0.158.